The molecule has 0 atom stereocenters. The minimum atomic E-state index is 0.841. The SMILES string of the molecule is c1ccc(-c2ccc(N(c3ccc(-c4ccc(-c5cccc(-c6ccc7oc8ccc(-c9cc(-c%10ccc(N(c%11ccccc%11)c%11ccc(-c%12cc%13ccccc%13c%13ccccc%12%13)cc%11)cc%10)ccc9-c9ccccc9)cc8c7c6)c5)c(-c5ccc6oc7ccccc7c6c5)c4)cc3)c3ccccc3-c3ccccc3)cc2)cc1. The number of fused-ring (bicyclic) bond motifs is 9. The molecule has 0 saturated heterocycles. The fraction of sp³-hybridized carbons (Fsp3) is 0. The molecular formula is C110H72N2O2. The third-order valence-corrected chi connectivity index (χ3v) is 22.7. The van der Waals surface area contributed by atoms with Crippen molar-refractivity contribution in [1.82, 2.24) is 0 Å². The molecule has 2 aromatic heterocycles. The molecule has 0 spiro atoms. The van der Waals surface area contributed by atoms with Crippen LogP contribution >= 0.6 is 0 Å². The van der Waals surface area contributed by atoms with Crippen LogP contribution in [0.3, 0.4) is 0 Å². The first kappa shape index (κ1) is 67.0. The topological polar surface area (TPSA) is 32.8 Å². The van der Waals surface area contributed by atoms with Crippen molar-refractivity contribution >= 4 is 99.5 Å². The highest BCUT2D eigenvalue weighted by molar-refractivity contribution is 6.14. The Labute approximate surface area is 661 Å². The Kier molecular flexibility index (Phi) is 16.9. The highest BCUT2D eigenvalue weighted by Crippen LogP contribution is 2.48. The lowest BCUT2D eigenvalue weighted by molar-refractivity contribution is 0.668. The van der Waals surface area contributed by atoms with Crippen molar-refractivity contribution in [3.63, 3.8) is 0 Å². The second kappa shape index (κ2) is 28.7. The Bertz CT molecular complexity index is 7170. The van der Waals surface area contributed by atoms with E-state index in [0.717, 1.165) is 167 Å². The van der Waals surface area contributed by atoms with Crippen LogP contribution in [-0.4, -0.2) is 0 Å². The number of hydrogen-bond acceptors (Lipinski definition) is 4. The summed E-state index contributed by atoms with van der Waals surface area (Å²) in [6.45, 7) is 0. The molecule has 0 amide bonds. The van der Waals surface area contributed by atoms with Crippen molar-refractivity contribution in [2.24, 2.45) is 0 Å². The van der Waals surface area contributed by atoms with Crippen LogP contribution in [0.25, 0.3) is 177 Å². The zero-order valence-electron chi connectivity index (χ0n) is 62.3. The summed E-state index contributed by atoms with van der Waals surface area (Å²) in [6, 6.07) is 158. The van der Waals surface area contributed by atoms with E-state index < -0.39 is 0 Å². The monoisotopic (exact) mass is 1450 g/mol. The van der Waals surface area contributed by atoms with Crippen LogP contribution in [0.15, 0.2) is 446 Å². The van der Waals surface area contributed by atoms with Gasteiger partial charge in [-0.2, -0.15) is 0 Å². The van der Waals surface area contributed by atoms with Gasteiger partial charge in [-0.3, -0.25) is 0 Å². The molecule has 4 nitrogen and oxygen atoms in total. The van der Waals surface area contributed by atoms with Gasteiger partial charge in [0.15, 0.2) is 0 Å². The van der Waals surface area contributed by atoms with Crippen LogP contribution in [0.1, 0.15) is 0 Å². The van der Waals surface area contributed by atoms with Gasteiger partial charge in [-0.15, -0.1) is 0 Å². The summed E-state index contributed by atoms with van der Waals surface area (Å²) in [4.78, 5) is 4.73. The summed E-state index contributed by atoms with van der Waals surface area (Å²) in [7, 11) is 0. The van der Waals surface area contributed by atoms with E-state index >= 15 is 0 Å². The molecule has 19 aromatic carbocycles. The average molecular weight is 1450 g/mol. The maximum atomic E-state index is 6.73. The Morgan fingerprint density at radius 3 is 1.06 bits per heavy atom. The summed E-state index contributed by atoms with van der Waals surface area (Å²) >= 11 is 0. The largest absolute Gasteiger partial charge is 0.456 e. The molecule has 0 aliphatic heterocycles. The Hall–Kier alpha value is -15.1. The number of rotatable bonds is 16. The molecule has 21 aromatic rings. The van der Waals surface area contributed by atoms with Crippen molar-refractivity contribution in [3.05, 3.63) is 437 Å². The number of para-hydroxylation sites is 3. The van der Waals surface area contributed by atoms with E-state index in [1.165, 1.54) is 43.8 Å². The van der Waals surface area contributed by atoms with E-state index in [-0.39, 0.29) is 0 Å². The van der Waals surface area contributed by atoms with Crippen LogP contribution in [-0.2, 0) is 0 Å². The van der Waals surface area contributed by atoms with Crippen molar-refractivity contribution in [2.45, 2.75) is 0 Å². The van der Waals surface area contributed by atoms with Crippen LogP contribution in [0.2, 0.25) is 0 Å². The molecule has 0 bridgehead atoms. The van der Waals surface area contributed by atoms with Gasteiger partial charge in [0.05, 0.1) is 5.69 Å². The average Bonchev–Trinajstić information content (AvgIpc) is 1.41. The molecule has 114 heavy (non-hydrogen) atoms. The van der Waals surface area contributed by atoms with Gasteiger partial charge >= 0.3 is 0 Å². The zero-order valence-corrected chi connectivity index (χ0v) is 62.3. The van der Waals surface area contributed by atoms with Gasteiger partial charge in [0.1, 0.15) is 22.3 Å². The quantitative estimate of drug-likeness (QED) is 0.0903. The number of anilines is 6. The fourth-order valence-electron chi connectivity index (χ4n) is 17.0. The molecule has 0 unspecified atom stereocenters. The molecule has 534 valence electrons. The van der Waals surface area contributed by atoms with Gasteiger partial charge in [0.2, 0.25) is 0 Å². The van der Waals surface area contributed by atoms with Gasteiger partial charge < -0.3 is 18.6 Å². The van der Waals surface area contributed by atoms with E-state index in [4.69, 9.17) is 8.83 Å². The Morgan fingerprint density at radius 1 is 0.140 bits per heavy atom. The van der Waals surface area contributed by atoms with Gasteiger partial charge in [-0.25, -0.2) is 0 Å². The highest BCUT2D eigenvalue weighted by Gasteiger charge is 2.23. The first-order valence-corrected chi connectivity index (χ1v) is 39.0. The van der Waals surface area contributed by atoms with Crippen molar-refractivity contribution in [1.29, 1.82) is 0 Å². The fourth-order valence-corrected chi connectivity index (χ4v) is 17.0. The summed E-state index contributed by atoms with van der Waals surface area (Å²) in [5.74, 6) is 0. The van der Waals surface area contributed by atoms with E-state index in [2.05, 4.69) is 441 Å². The molecule has 0 aliphatic carbocycles. The van der Waals surface area contributed by atoms with Gasteiger partial charge in [-0.05, 0) is 261 Å². The second-order valence-corrected chi connectivity index (χ2v) is 29.4. The minimum absolute atomic E-state index is 0.841. The van der Waals surface area contributed by atoms with Crippen LogP contribution in [0.4, 0.5) is 34.1 Å². The molecule has 0 saturated carbocycles. The van der Waals surface area contributed by atoms with Gasteiger partial charge in [0, 0.05) is 55.5 Å². The molecule has 2 heterocycles. The van der Waals surface area contributed by atoms with Gasteiger partial charge in [-0.1, -0.05) is 303 Å². The molecular weight excluding hydrogens is 1380 g/mol. The Morgan fingerprint density at radius 2 is 0.474 bits per heavy atom. The molecule has 4 heteroatoms. The van der Waals surface area contributed by atoms with Crippen molar-refractivity contribution < 1.29 is 8.83 Å². The maximum Gasteiger partial charge on any atom is 0.135 e. The third kappa shape index (κ3) is 12.4. The molecule has 0 N–H and O–H groups in total. The number of benzene rings is 19. The second-order valence-electron chi connectivity index (χ2n) is 29.4. The van der Waals surface area contributed by atoms with Crippen LogP contribution < -0.4 is 9.80 Å². The van der Waals surface area contributed by atoms with Crippen LogP contribution in [0.5, 0.6) is 0 Å². The molecule has 0 aliphatic rings. The molecule has 21 rings (SSSR count). The smallest absolute Gasteiger partial charge is 0.135 e. The normalized spacial score (nSPS) is 11.5. The summed E-state index contributed by atoms with van der Waals surface area (Å²) < 4.78 is 13.2. The third-order valence-electron chi connectivity index (χ3n) is 22.7. The van der Waals surface area contributed by atoms with E-state index in [1.54, 1.807) is 0 Å². The first-order valence-electron chi connectivity index (χ1n) is 39.0. The van der Waals surface area contributed by atoms with Crippen molar-refractivity contribution in [3.8, 4) is 111 Å². The lowest BCUT2D eigenvalue weighted by Crippen LogP contribution is -2.11. The highest BCUT2D eigenvalue weighted by atomic mass is 16.3. The summed E-state index contributed by atoms with van der Waals surface area (Å²) in [6.07, 6.45) is 0. The summed E-state index contributed by atoms with van der Waals surface area (Å²) in [5, 5.41) is 9.32. The standard InChI is InChI=1S/C110H72N2O2/c1-5-22-73(23-6-1)74-40-55-91(56-41-74)112(106-38-19-17-34-96(106)78-26-9-3-10-27-78)92-57-44-76(45-58-92)82-49-62-95(102(68-82)86-51-64-108-103(71-86)99-37-18-20-39-107(99)113-108)84-30-21-29-80(66-84)83-50-63-109-104(69-83)105-72-87(52-65-110(105)114-109)101-67-81(48-61-94(101)77-24-7-2-8-25-77)75-42-53-89(54-43-75)111(88-31-11-4-12-32-88)90-59-46-79(47-60-90)100-70-85-28-13-14-33-93(85)97-35-15-16-36-98(97)100/h1-72H. The zero-order chi connectivity index (χ0) is 75.4. The number of nitrogens with zero attached hydrogens (tertiary/aromatic N) is 2. The summed E-state index contributed by atoms with van der Waals surface area (Å²) in [5.41, 5.74) is 32.7. The molecule has 0 radical (unpaired) electrons. The number of furan rings is 2. The Balaban J connectivity index is 0.618. The van der Waals surface area contributed by atoms with Gasteiger partial charge in [0.25, 0.3) is 0 Å². The van der Waals surface area contributed by atoms with Crippen LogP contribution in [0, 0.1) is 0 Å². The lowest BCUT2D eigenvalue weighted by Gasteiger charge is -2.28. The van der Waals surface area contributed by atoms with E-state index in [1.807, 2.05) is 6.07 Å². The number of hydrogen-bond donors (Lipinski definition) is 0. The minimum Gasteiger partial charge on any atom is -0.456 e. The lowest BCUT2D eigenvalue weighted by atomic mass is 9.89. The predicted molar refractivity (Wildman–Crippen MR) is 480 cm³/mol. The predicted octanol–water partition coefficient (Wildman–Crippen LogP) is 31.4. The van der Waals surface area contributed by atoms with Crippen molar-refractivity contribution in [2.75, 3.05) is 9.80 Å². The van der Waals surface area contributed by atoms with E-state index in [9.17, 15) is 0 Å². The first-order chi connectivity index (χ1) is 56.5. The maximum absolute atomic E-state index is 6.73. The molecule has 0 fully saturated rings. The van der Waals surface area contributed by atoms with E-state index in [0.29, 0.717) is 0 Å².